The first-order valence-electron chi connectivity index (χ1n) is 6.11. The average molecular weight is 294 g/mol. The number of hydrogen-bond donors (Lipinski definition) is 0. The van der Waals surface area contributed by atoms with Gasteiger partial charge in [-0.2, -0.15) is 8.75 Å². The second-order valence-corrected chi connectivity index (χ2v) is 6.00. The van der Waals surface area contributed by atoms with E-state index < -0.39 is 0 Å². The zero-order valence-corrected chi connectivity index (χ0v) is 12.2. The zero-order chi connectivity index (χ0) is 13.2. The third-order valence-corrected chi connectivity index (χ3v) is 4.69. The largest absolute Gasteiger partial charge is 0.351 e. The number of aryl methyl sites for hydroxylation is 1. The number of anilines is 1. The summed E-state index contributed by atoms with van der Waals surface area (Å²) in [5.41, 5.74) is 1.15. The fourth-order valence-electron chi connectivity index (χ4n) is 2.14. The Morgan fingerprint density at radius 3 is 2.68 bits per heavy atom. The summed E-state index contributed by atoms with van der Waals surface area (Å²) in [4.78, 5) is 17.2. The molecule has 2 aromatic rings. The van der Waals surface area contributed by atoms with Gasteiger partial charge in [0, 0.05) is 26.2 Å². The van der Waals surface area contributed by atoms with Crippen LogP contribution in [0.1, 0.15) is 15.2 Å². The Labute approximate surface area is 119 Å². The van der Waals surface area contributed by atoms with Crippen molar-refractivity contribution in [3.63, 3.8) is 0 Å². The minimum Gasteiger partial charge on any atom is -0.351 e. The van der Waals surface area contributed by atoms with Crippen molar-refractivity contribution in [3.05, 3.63) is 28.1 Å². The van der Waals surface area contributed by atoms with E-state index in [9.17, 15) is 4.79 Å². The summed E-state index contributed by atoms with van der Waals surface area (Å²) in [6.45, 7) is 5.14. The van der Waals surface area contributed by atoms with Crippen molar-refractivity contribution < 1.29 is 4.79 Å². The molecule has 1 aliphatic heterocycles. The molecule has 0 bridgehead atoms. The maximum atomic E-state index is 12.3. The maximum Gasteiger partial charge on any atom is 0.264 e. The molecular weight excluding hydrogens is 280 g/mol. The molecule has 0 unspecified atom stereocenters. The average Bonchev–Trinajstić information content (AvgIpc) is 3.09. The van der Waals surface area contributed by atoms with E-state index in [-0.39, 0.29) is 5.91 Å². The van der Waals surface area contributed by atoms with Crippen molar-refractivity contribution in [2.45, 2.75) is 6.92 Å². The van der Waals surface area contributed by atoms with Gasteiger partial charge >= 0.3 is 0 Å². The van der Waals surface area contributed by atoms with Gasteiger partial charge in [0.2, 0.25) is 0 Å². The van der Waals surface area contributed by atoms with Crippen LogP contribution in [0.5, 0.6) is 0 Å². The molecule has 0 N–H and O–H groups in total. The van der Waals surface area contributed by atoms with Gasteiger partial charge in [-0.05, 0) is 23.9 Å². The summed E-state index contributed by atoms with van der Waals surface area (Å²) < 4.78 is 8.24. The van der Waals surface area contributed by atoms with Gasteiger partial charge in [0.25, 0.3) is 5.91 Å². The van der Waals surface area contributed by atoms with Gasteiger partial charge in [0.05, 0.1) is 22.8 Å². The molecule has 1 aliphatic rings. The number of rotatable bonds is 2. The predicted octanol–water partition coefficient (Wildman–Crippen LogP) is 1.87. The van der Waals surface area contributed by atoms with Crippen LogP contribution in [-0.2, 0) is 0 Å². The summed E-state index contributed by atoms with van der Waals surface area (Å²) >= 11 is 2.74. The Morgan fingerprint density at radius 1 is 1.32 bits per heavy atom. The molecule has 3 heterocycles. The summed E-state index contributed by atoms with van der Waals surface area (Å²) in [7, 11) is 0. The molecule has 7 heteroatoms. The third kappa shape index (κ3) is 2.62. The molecule has 0 aromatic carbocycles. The van der Waals surface area contributed by atoms with Crippen molar-refractivity contribution >= 4 is 34.8 Å². The summed E-state index contributed by atoms with van der Waals surface area (Å²) in [6.07, 6.45) is 1.78. The number of piperazine rings is 1. The molecule has 0 saturated carbocycles. The number of thiophene rings is 1. The Bertz CT molecular complexity index is 558. The molecule has 3 rings (SSSR count). The van der Waals surface area contributed by atoms with E-state index in [4.69, 9.17) is 0 Å². The van der Waals surface area contributed by atoms with Crippen LogP contribution in [0.3, 0.4) is 0 Å². The van der Waals surface area contributed by atoms with E-state index in [1.54, 1.807) is 6.20 Å². The van der Waals surface area contributed by atoms with Crippen LogP contribution in [0.25, 0.3) is 0 Å². The molecule has 1 fully saturated rings. The standard InChI is InChI=1S/C12H14N4OS2/c1-9-6-10(18-8-9)12(17)16-4-2-15(3-5-16)11-7-13-19-14-11/h6-8H,2-5H2,1H3. The van der Waals surface area contributed by atoms with Crippen molar-refractivity contribution in [2.24, 2.45) is 0 Å². The second kappa shape index (κ2) is 5.26. The van der Waals surface area contributed by atoms with Crippen LogP contribution in [-0.4, -0.2) is 45.7 Å². The monoisotopic (exact) mass is 294 g/mol. The quantitative estimate of drug-likeness (QED) is 0.848. The van der Waals surface area contributed by atoms with Crippen LogP contribution in [0.2, 0.25) is 0 Å². The van der Waals surface area contributed by atoms with Gasteiger partial charge in [0.1, 0.15) is 0 Å². The lowest BCUT2D eigenvalue weighted by Crippen LogP contribution is -2.48. The lowest BCUT2D eigenvalue weighted by atomic mass is 10.2. The van der Waals surface area contributed by atoms with Crippen LogP contribution < -0.4 is 4.90 Å². The molecule has 5 nitrogen and oxygen atoms in total. The van der Waals surface area contributed by atoms with Gasteiger partial charge in [-0.1, -0.05) is 0 Å². The maximum absolute atomic E-state index is 12.3. The molecule has 0 spiro atoms. The first-order valence-corrected chi connectivity index (χ1v) is 7.72. The SMILES string of the molecule is Cc1csc(C(=O)N2CCN(c3cnsn3)CC2)c1. The Hall–Kier alpha value is -1.47. The van der Waals surface area contributed by atoms with Crippen LogP contribution >= 0.6 is 23.1 Å². The molecule has 1 saturated heterocycles. The summed E-state index contributed by atoms with van der Waals surface area (Å²) in [6, 6.07) is 1.96. The number of aromatic nitrogens is 2. The molecule has 100 valence electrons. The second-order valence-electron chi connectivity index (χ2n) is 4.53. The van der Waals surface area contributed by atoms with Gasteiger partial charge in [0.15, 0.2) is 5.82 Å². The predicted molar refractivity (Wildman–Crippen MR) is 77.1 cm³/mol. The fraction of sp³-hybridized carbons (Fsp3) is 0.417. The van der Waals surface area contributed by atoms with Gasteiger partial charge in [-0.15, -0.1) is 11.3 Å². The van der Waals surface area contributed by atoms with Crippen LogP contribution in [0.15, 0.2) is 17.6 Å². The van der Waals surface area contributed by atoms with E-state index in [1.807, 2.05) is 23.3 Å². The van der Waals surface area contributed by atoms with E-state index in [2.05, 4.69) is 13.6 Å². The highest BCUT2D eigenvalue weighted by atomic mass is 32.1. The topological polar surface area (TPSA) is 49.3 Å². The number of hydrogen-bond acceptors (Lipinski definition) is 6. The first kappa shape index (κ1) is 12.6. The van der Waals surface area contributed by atoms with Gasteiger partial charge in [-0.3, -0.25) is 4.79 Å². The molecule has 1 amide bonds. The third-order valence-electron chi connectivity index (χ3n) is 3.18. The van der Waals surface area contributed by atoms with Crippen molar-refractivity contribution in [2.75, 3.05) is 31.1 Å². The molecule has 0 aliphatic carbocycles. The first-order chi connectivity index (χ1) is 9.24. The Kier molecular flexibility index (Phi) is 3.48. The summed E-state index contributed by atoms with van der Waals surface area (Å²) in [5.74, 6) is 1.07. The van der Waals surface area contributed by atoms with Crippen LogP contribution in [0, 0.1) is 6.92 Å². The number of amides is 1. The fourth-order valence-corrected chi connectivity index (χ4v) is 3.44. The highest BCUT2D eigenvalue weighted by Gasteiger charge is 2.23. The van der Waals surface area contributed by atoms with E-state index >= 15 is 0 Å². The van der Waals surface area contributed by atoms with Gasteiger partial charge in [-0.25, -0.2) is 0 Å². The van der Waals surface area contributed by atoms with Crippen molar-refractivity contribution in [1.29, 1.82) is 0 Å². The van der Waals surface area contributed by atoms with E-state index in [1.165, 1.54) is 23.1 Å². The zero-order valence-electron chi connectivity index (χ0n) is 10.6. The normalized spacial score (nSPS) is 15.8. The Morgan fingerprint density at radius 2 is 2.11 bits per heavy atom. The molecular formula is C12H14N4OS2. The highest BCUT2D eigenvalue weighted by molar-refractivity contribution is 7.12. The molecule has 19 heavy (non-hydrogen) atoms. The smallest absolute Gasteiger partial charge is 0.264 e. The van der Waals surface area contributed by atoms with Crippen molar-refractivity contribution in [1.82, 2.24) is 13.6 Å². The Balaban J connectivity index is 1.62. The van der Waals surface area contributed by atoms with E-state index in [0.29, 0.717) is 0 Å². The lowest BCUT2D eigenvalue weighted by molar-refractivity contribution is 0.0751. The number of carbonyl (C=O) groups excluding carboxylic acids is 1. The number of nitrogens with zero attached hydrogens (tertiary/aromatic N) is 4. The lowest BCUT2D eigenvalue weighted by Gasteiger charge is -2.34. The van der Waals surface area contributed by atoms with E-state index in [0.717, 1.165) is 42.4 Å². The molecule has 0 atom stereocenters. The number of carbonyl (C=O) groups is 1. The van der Waals surface area contributed by atoms with Gasteiger partial charge < -0.3 is 9.80 Å². The highest BCUT2D eigenvalue weighted by Crippen LogP contribution is 2.19. The van der Waals surface area contributed by atoms with Crippen LogP contribution in [0.4, 0.5) is 5.82 Å². The van der Waals surface area contributed by atoms with Crippen molar-refractivity contribution in [3.8, 4) is 0 Å². The molecule has 0 radical (unpaired) electrons. The summed E-state index contributed by atoms with van der Waals surface area (Å²) in [5, 5.41) is 2.02. The minimum atomic E-state index is 0.147. The molecule has 2 aromatic heterocycles. The minimum absolute atomic E-state index is 0.147.